The third-order valence-corrected chi connectivity index (χ3v) is 18.8. The van der Waals surface area contributed by atoms with Crippen LogP contribution in [0.1, 0.15) is 132 Å². The number of hydrogen-bond acceptors (Lipinski definition) is 16. The molecular formula is C65H98BNO16Si. The quantitative estimate of drug-likeness (QED) is 0.0948. The number of fused-ring (bicyclic) bond motifs is 3. The summed E-state index contributed by atoms with van der Waals surface area (Å²) in [7, 11) is 1.77. The van der Waals surface area contributed by atoms with Crippen LogP contribution in [0, 0.1) is 40.9 Å². The number of ether oxygens (including phenoxy) is 6. The van der Waals surface area contributed by atoms with E-state index in [2.05, 4.69) is 6.92 Å². The number of cyclic esters (lactones) is 1. The molecule has 1 N–H and O–H groups in total. The van der Waals surface area contributed by atoms with Crippen LogP contribution < -0.4 is 5.46 Å². The number of piperidine rings is 1. The molecule has 4 fully saturated rings. The van der Waals surface area contributed by atoms with Gasteiger partial charge in [-0.2, -0.15) is 0 Å². The largest absolute Gasteiger partial charge is 0.493 e. The molecule has 1 aliphatic carbocycles. The number of allylic oxidation sites excluding steroid dienone is 6. The van der Waals surface area contributed by atoms with Crippen molar-refractivity contribution < 1.29 is 76.0 Å². The van der Waals surface area contributed by atoms with Gasteiger partial charge in [-0.05, 0) is 139 Å². The van der Waals surface area contributed by atoms with Gasteiger partial charge < -0.3 is 52.2 Å². The van der Waals surface area contributed by atoms with Crippen molar-refractivity contribution in [3.05, 3.63) is 77.9 Å². The van der Waals surface area contributed by atoms with E-state index in [4.69, 9.17) is 42.2 Å². The summed E-state index contributed by atoms with van der Waals surface area (Å²) in [5.41, 5.74) is 1.37. The Labute approximate surface area is 501 Å². The number of esters is 2. The zero-order valence-corrected chi connectivity index (χ0v) is 53.6. The maximum Gasteiger partial charge on any atom is 0.493 e. The predicted octanol–water partition coefficient (Wildman–Crippen LogP) is 9.04. The second-order valence-electron chi connectivity index (χ2n) is 26.1. The van der Waals surface area contributed by atoms with Gasteiger partial charge >= 0.3 is 19.1 Å². The normalized spacial score (nSPS) is 35.8. The highest BCUT2D eigenvalue weighted by Crippen LogP contribution is 2.39. The summed E-state index contributed by atoms with van der Waals surface area (Å²) in [4.78, 5) is 88.1. The van der Waals surface area contributed by atoms with Gasteiger partial charge in [-0.3, -0.25) is 24.0 Å². The minimum absolute atomic E-state index is 0.0132. The number of carbonyl (C=O) groups is 6. The number of hydrogen-bond donors (Lipinski definition) is 1. The number of aliphatic hydroxyl groups is 1. The second kappa shape index (κ2) is 31.0. The Hall–Kier alpha value is -4.44. The van der Waals surface area contributed by atoms with E-state index in [1.807, 2.05) is 114 Å². The molecule has 0 radical (unpaired) electrons. The average Bonchev–Trinajstić information content (AvgIpc) is 1.82. The summed E-state index contributed by atoms with van der Waals surface area (Å²) in [5, 5.41) is 12.1. The van der Waals surface area contributed by atoms with Gasteiger partial charge in [0.05, 0.1) is 24.4 Å². The lowest BCUT2D eigenvalue weighted by Crippen LogP contribution is -2.61. The van der Waals surface area contributed by atoms with Crippen molar-refractivity contribution in [3.63, 3.8) is 0 Å². The molecule has 5 aliphatic rings. The Bertz CT molecular complexity index is 2520. The minimum Gasteiger partial charge on any atom is -0.460 e. The molecule has 17 nitrogen and oxygen atoms in total. The molecule has 0 spiro atoms. The van der Waals surface area contributed by atoms with Crippen molar-refractivity contribution >= 4 is 56.1 Å². The Morgan fingerprint density at radius 3 is 2.18 bits per heavy atom. The number of benzene rings is 1. The Balaban J connectivity index is 1.28. The Morgan fingerprint density at radius 1 is 0.821 bits per heavy atom. The van der Waals surface area contributed by atoms with Crippen LogP contribution in [-0.4, -0.2) is 156 Å². The van der Waals surface area contributed by atoms with E-state index in [1.54, 1.807) is 35.0 Å². The van der Waals surface area contributed by atoms with Crippen molar-refractivity contribution in [2.75, 3.05) is 41.1 Å². The van der Waals surface area contributed by atoms with Crippen LogP contribution in [0.4, 0.5) is 0 Å². The fraction of sp³-hybridized carbons (Fsp3) is 0.692. The highest BCUT2D eigenvalue weighted by molar-refractivity contribution is 6.69. The van der Waals surface area contributed by atoms with Gasteiger partial charge in [0.25, 0.3) is 11.7 Å². The Morgan fingerprint density at radius 2 is 1.52 bits per heavy atom. The average molecular weight is 1190 g/mol. The second-order valence-corrected chi connectivity index (χ2v) is 30.6. The molecule has 6 rings (SSSR count). The van der Waals surface area contributed by atoms with Crippen molar-refractivity contribution in [3.8, 4) is 0 Å². The molecule has 1 aromatic carbocycles. The van der Waals surface area contributed by atoms with Crippen LogP contribution in [0.25, 0.3) is 0 Å². The third kappa shape index (κ3) is 18.1. The molecular weight excluding hydrogens is 1090 g/mol. The van der Waals surface area contributed by atoms with Crippen molar-refractivity contribution in [2.45, 2.75) is 207 Å². The molecule has 3 saturated heterocycles. The lowest BCUT2D eigenvalue weighted by Gasteiger charge is -2.42. The molecule has 1 aromatic rings. The predicted molar refractivity (Wildman–Crippen MR) is 323 cm³/mol. The van der Waals surface area contributed by atoms with E-state index in [0.717, 1.165) is 11.0 Å². The first kappa shape index (κ1) is 68.7. The smallest absolute Gasteiger partial charge is 0.460 e. The van der Waals surface area contributed by atoms with Gasteiger partial charge in [0.2, 0.25) is 5.79 Å². The van der Waals surface area contributed by atoms with E-state index < -0.39 is 123 Å². The van der Waals surface area contributed by atoms with Crippen molar-refractivity contribution in [2.24, 2.45) is 40.9 Å². The lowest BCUT2D eigenvalue weighted by molar-refractivity contribution is -0.265. The van der Waals surface area contributed by atoms with E-state index >= 15 is 0 Å². The van der Waals surface area contributed by atoms with Crippen LogP contribution in [0.2, 0.25) is 19.6 Å². The number of carbonyl (C=O) groups excluding carboxylic acids is 6. The number of ketones is 3. The standard InChI is InChI=1S/C65H98BNO16Si/c1-41-23-17-15-18-24-42(2)54(75-9)37-50-30-28-47(7)65(74,82-50)60(70)61(71)67-32-22-21-27-51(67)62(72)80-55(38-52(68)43(3)34-46(6)58(83-84(12,13)14)59(77-11)57(69)45(5)33-41)44(4)35-48-29-31-53(56(36-48)76-10)81-63(73)64(8)39-78-66(79-40-64)49-25-19-16-20-26-49/h15-20,23-26,34,41,43-45,47-48,50-51,53-56,58-59,74H,21-22,27-33,35-40H2,1-14H3/b18-15+,23-17+,42-24+,46-34+. The summed E-state index contributed by atoms with van der Waals surface area (Å²) in [6.45, 7) is 21.3. The van der Waals surface area contributed by atoms with Crippen molar-refractivity contribution in [1.29, 1.82) is 0 Å². The number of amides is 1. The lowest BCUT2D eigenvalue weighted by atomic mass is 9.75. The highest BCUT2D eigenvalue weighted by Gasteiger charge is 2.53. The first-order chi connectivity index (χ1) is 39.7. The van der Waals surface area contributed by atoms with Gasteiger partial charge in [-0.25, -0.2) is 4.79 Å². The maximum atomic E-state index is 14.8. The minimum atomic E-state index is -2.46. The number of rotatable bonds is 11. The molecule has 1 saturated carbocycles. The zero-order valence-electron chi connectivity index (χ0n) is 52.6. The van der Waals surface area contributed by atoms with Gasteiger partial charge in [-0.15, -0.1) is 0 Å². The fourth-order valence-electron chi connectivity index (χ4n) is 12.6. The number of Topliss-reactive ketones (excluding diaryl/α,β-unsaturated/α-hetero) is 3. The molecule has 0 aromatic heterocycles. The number of methoxy groups -OCH3 is 3. The molecule has 15 unspecified atom stereocenters. The summed E-state index contributed by atoms with van der Waals surface area (Å²) in [6, 6.07) is 8.37. The van der Waals surface area contributed by atoms with Gasteiger partial charge in [0.1, 0.15) is 35.6 Å². The van der Waals surface area contributed by atoms with Gasteiger partial charge in [-0.1, -0.05) is 101 Å². The van der Waals surface area contributed by atoms with Gasteiger partial charge in [0.15, 0.2) is 14.1 Å². The van der Waals surface area contributed by atoms with Crippen LogP contribution in [-0.2, 0) is 70.9 Å². The van der Waals surface area contributed by atoms with E-state index in [0.29, 0.717) is 69.8 Å². The number of nitrogens with zero attached hydrogens (tertiary/aromatic N) is 1. The molecule has 2 bridgehead atoms. The van der Waals surface area contributed by atoms with Crippen LogP contribution in [0.15, 0.2) is 77.9 Å². The van der Waals surface area contributed by atoms with E-state index in [-0.39, 0.29) is 56.0 Å². The molecule has 4 heterocycles. The van der Waals surface area contributed by atoms with Gasteiger partial charge in [0, 0.05) is 71.7 Å². The van der Waals surface area contributed by atoms with Crippen LogP contribution >= 0.6 is 0 Å². The summed E-state index contributed by atoms with van der Waals surface area (Å²) < 4.78 is 55.6. The van der Waals surface area contributed by atoms with E-state index in [1.165, 1.54) is 12.0 Å². The Kier molecular flexibility index (Phi) is 25.3. The molecule has 466 valence electrons. The topological polar surface area (TPSA) is 209 Å². The maximum absolute atomic E-state index is 14.8. The highest BCUT2D eigenvalue weighted by atomic mass is 28.4. The molecule has 4 aliphatic heterocycles. The first-order valence-electron chi connectivity index (χ1n) is 30.7. The summed E-state index contributed by atoms with van der Waals surface area (Å²) in [6.07, 6.45) is 11.9. The SMILES string of the molecule is COC1CC2CCC(C)C(O)(O2)C(=O)C(=O)N2CCCCC2C(=O)OC(C(C)CC2CCC(OC(=O)C3(C)COB(c4ccccc4)OC3)C(OC)C2)CC(=O)C(C)/C=C(\C)C(O[Si](C)(C)C)C(OC)C(=O)C(C)CC(C)/C=C/C=C/C=C/1C. The van der Waals surface area contributed by atoms with Crippen LogP contribution in [0.5, 0.6) is 0 Å². The molecule has 15 atom stereocenters. The molecule has 84 heavy (non-hydrogen) atoms. The molecule has 19 heteroatoms. The fourth-order valence-corrected chi connectivity index (χ4v) is 13.6. The first-order valence-corrected chi connectivity index (χ1v) is 34.1. The van der Waals surface area contributed by atoms with Crippen LogP contribution in [0.3, 0.4) is 0 Å². The van der Waals surface area contributed by atoms with E-state index in [9.17, 15) is 33.9 Å². The summed E-state index contributed by atoms with van der Waals surface area (Å²) in [5.74, 6) is -8.35. The zero-order chi connectivity index (χ0) is 61.7. The molecule has 1 amide bonds. The monoisotopic (exact) mass is 1190 g/mol. The van der Waals surface area contributed by atoms with Crippen molar-refractivity contribution in [1.82, 2.24) is 4.90 Å². The third-order valence-electron chi connectivity index (χ3n) is 17.8. The summed E-state index contributed by atoms with van der Waals surface area (Å²) >= 11 is 0.